The highest BCUT2D eigenvalue weighted by atomic mass is 17.2. The highest BCUT2D eigenvalue weighted by Gasteiger charge is 2.18. The number of anilines is 1. The van der Waals surface area contributed by atoms with Crippen molar-refractivity contribution in [1.82, 2.24) is 4.98 Å². The molecule has 0 atom stereocenters. The fourth-order valence-corrected chi connectivity index (χ4v) is 1.65. The number of pyridine rings is 1. The second-order valence-electron chi connectivity index (χ2n) is 5.58. The van der Waals surface area contributed by atoms with Crippen molar-refractivity contribution < 1.29 is 14.6 Å². The van der Waals surface area contributed by atoms with E-state index in [1.165, 1.54) is 0 Å². The molecule has 2 aromatic rings. The lowest BCUT2D eigenvalue weighted by atomic mass is 10.1. The van der Waals surface area contributed by atoms with Crippen molar-refractivity contribution in [1.29, 1.82) is 0 Å². The van der Waals surface area contributed by atoms with Gasteiger partial charge in [-0.2, -0.15) is 4.89 Å². The average Bonchev–Trinajstić information content (AvgIpc) is 2.45. The summed E-state index contributed by atoms with van der Waals surface area (Å²) in [5, 5.41) is 0. The van der Waals surface area contributed by atoms with Crippen LogP contribution in [0.15, 0.2) is 42.6 Å². The molecule has 2 rings (SSSR count). The highest BCUT2D eigenvalue weighted by molar-refractivity contribution is 5.95. The minimum atomic E-state index is -0.616. The van der Waals surface area contributed by atoms with E-state index in [1.807, 2.05) is 18.2 Å². The van der Waals surface area contributed by atoms with Gasteiger partial charge >= 0.3 is 5.97 Å². The van der Waals surface area contributed by atoms with Gasteiger partial charge in [0, 0.05) is 17.4 Å². The van der Waals surface area contributed by atoms with Crippen molar-refractivity contribution in [2.45, 2.75) is 26.4 Å². The Hall–Kier alpha value is -2.40. The minimum Gasteiger partial charge on any atom is -0.398 e. The van der Waals surface area contributed by atoms with Crippen molar-refractivity contribution in [3.8, 4) is 11.3 Å². The van der Waals surface area contributed by atoms with Crippen LogP contribution in [0.4, 0.5) is 5.69 Å². The summed E-state index contributed by atoms with van der Waals surface area (Å²) < 4.78 is 0. The first kappa shape index (κ1) is 15.0. The molecular formula is C16H18N2O3. The zero-order chi connectivity index (χ0) is 15.5. The number of hydrogen-bond acceptors (Lipinski definition) is 5. The standard InChI is InChI=1S/C16H18N2O3/c1-16(2,3)21-20-15(19)12-8-7-11(10-13(12)17)14-6-4-5-9-18-14/h4-10H,17H2,1-3H3. The molecule has 0 fully saturated rings. The van der Waals surface area contributed by atoms with Crippen molar-refractivity contribution in [3.05, 3.63) is 48.2 Å². The second kappa shape index (κ2) is 5.93. The van der Waals surface area contributed by atoms with E-state index in [0.29, 0.717) is 5.69 Å². The molecule has 0 radical (unpaired) electrons. The van der Waals surface area contributed by atoms with Crippen molar-refractivity contribution >= 4 is 11.7 Å². The molecule has 1 heterocycles. The molecule has 0 spiro atoms. The number of nitrogen functional groups attached to an aromatic ring is 1. The topological polar surface area (TPSA) is 74.4 Å². The van der Waals surface area contributed by atoms with E-state index < -0.39 is 11.6 Å². The molecule has 0 unspecified atom stereocenters. The number of nitrogens with two attached hydrogens (primary N) is 1. The molecular weight excluding hydrogens is 268 g/mol. The summed E-state index contributed by atoms with van der Waals surface area (Å²) in [6.07, 6.45) is 1.70. The molecule has 0 amide bonds. The van der Waals surface area contributed by atoms with Crippen LogP contribution in [0.25, 0.3) is 11.3 Å². The van der Waals surface area contributed by atoms with E-state index in [-0.39, 0.29) is 5.56 Å². The first-order valence-electron chi connectivity index (χ1n) is 6.58. The van der Waals surface area contributed by atoms with Crippen LogP contribution in [0, 0.1) is 0 Å². The molecule has 1 aromatic heterocycles. The van der Waals surface area contributed by atoms with Gasteiger partial charge in [-0.25, -0.2) is 4.79 Å². The Morgan fingerprint density at radius 3 is 2.52 bits per heavy atom. The zero-order valence-electron chi connectivity index (χ0n) is 12.3. The Balaban J connectivity index is 2.18. The lowest BCUT2D eigenvalue weighted by molar-refractivity contribution is -0.301. The summed E-state index contributed by atoms with van der Waals surface area (Å²) in [6.45, 7) is 5.36. The van der Waals surface area contributed by atoms with E-state index in [0.717, 1.165) is 11.3 Å². The summed E-state index contributed by atoms with van der Waals surface area (Å²) in [7, 11) is 0. The van der Waals surface area contributed by atoms with Crippen LogP contribution >= 0.6 is 0 Å². The lowest BCUT2D eigenvalue weighted by Crippen LogP contribution is -2.22. The van der Waals surface area contributed by atoms with E-state index in [1.54, 1.807) is 45.2 Å². The van der Waals surface area contributed by atoms with Crippen LogP contribution in [0.5, 0.6) is 0 Å². The number of hydrogen-bond donors (Lipinski definition) is 1. The Labute approximate surface area is 123 Å². The third-order valence-corrected chi connectivity index (χ3v) is 2.60. The number of carbonyl (C=O) groups is 1. The van der Waals surface area contributed by atoms with Crippen molar-refractivity contribution in [3.63, 3.8) is 0 Å². The maximum Gasteiger partial charge on any atom is 0.375 e. The summed E-state index contributed by atoms with van der Waals surface area (Å²) >= 11 is 0. The predicted octanol–water partition coefficient (Wildman–Crippen LogP) is 3.22. The van der Waals surface area contributed by atoms with Crippen LogP contribution in [0.1, 0.15) is 31.1 Å². The molecule has 2 N–H and O–H groups in total. The molecule has 0 saturated heterocycles. The third kappa shape index (κ3) is 4.03. The Morgan fingerprint density at radius 2 is 1.95 bits per heavy atom. The monoisotopic (exact) mass is 286 g/mol. The number of benzene rings is 1. The van der Waals surface area contributed by atoms with Crippen LogP contribution < -0.4 is 5.73 Å². The summed E-state index contributed by atoms with van der Waals surface area (Å²) in [6, 6.07) is 10.7. The zero-order valence-corrected chi connectivity index (χ0v) is 12.3. The molecule has 0 saturated carbocycles. The van der Waals surface area contributed by atoms with Gasteiger partial charge in [0.05, 0.1) is 11.3 Å². The third-order valence-electron chi connectivity index (χ3n) is 2.60. The van der Waals surface area contributed by atoms with Gasteiger partial charge in [0.15, 0.2) is 0 Å². The van der Waals surface area contributed by atoms with E-state index in [2.05, 4.69) is 4.98 Å². The molecule has 21 heavy (non-hydrogen) atoms. The predicted molar refractivity (Wildman–Crippen MR) is 80.3 cm³/mol. The maximum atomic E-state index is 11.9. The minimum absolute atomic E-state index is 0.263. The quantitative estimate of drug-likeness (QED) is 0.532. The number of rotatable bonds is 3. The molecule has 0 aliphatic heterocycles. The Bertz CT molecular complexity index is 634. The summed E-state index contributed by atoms with van der Waals surface area (Å²) in [5.41, 5.74) is 7.55. The van der Waals surface area contributed by atoms with E-state index >= 15 is 0 Å². The number of nitrogens with zero attached hydrogens (tertiary/aromatic N) is 1. The molecule has 5 nitrogen and oxygen atoms in total. The average molecular weight is 286 g/mol. The second-order valence-corrected chi connectivity index (χ2v) is 5.58. The van der Waals surface area contributed by atoms with Gasteiger partial charge < -0.3 is 5.73 Å². The molecule has 0 aliphatic carbocycles. The summed E-state index contributed by atoms with van der Waals surface area (Å²) in [4.78, 5) is 25.9. The van der Waals surface area contributed by atoms with E-state index in [4.69, 9.17) is 15.5 Å². The van der Waals surface area contributed by atoms with E-state index in [9.17, 15) is 4.79 Å². The molecule has 5 heteroatoms. The summed E-state index contributed by atoms with van der Waals surface area (Å²) in [5.74, 6) is -0.616. The van der Waals surface area contributed by atoms with Gasteiger partial charge in [-0.3, -0.25) is 9.87 Å². The number of carbonyl (C=O) groups excluding carboxylic acids is 1. The fraction of sp³-hybridized carbons (Fsp3) is 0.250. The van der Waals surface area contributed by atoms with Crippen LogP contribution in [0.3, 0.4) is 0 Å². The van der Waals surface area contributed by atoms with Gasteiger partial charge in [-0.1, -0.05) is 12.1 Å². The molecule has 1 aromatic carbocycles. The highest BCUT2D eigenvalue weighted by Crippen LogP contribution is 2.23. The van der Waals surface area contributed by atoms with Gasteiger partial charge in [-0.15, -0.1) is 0 Å². The Kier molecular flexibility index (Phi) is 4.23. The smallest absolute Gasteiger partial charge is 0.375 e. The van der Waals surface area contributed by atoms with Crippen LogP contribution in [0.2, 0.25) is 0 Å². The number of aromatic nitrogens is 1. The fourth-order valence-electron chi connectivity index (χ4n) is 1.65. The first-order chi connectivity index (χ1) is 9.87. The molecule has 0 aliphatic rings. The SMILES string of the molecule is CC(C)(C)OOC(=O)c1ccc(-c2ccccn2)cc1N. The first-order valence-corrected chi connectivity index (χ1v) is 6.58. The van der Waals surface area contributed by atoms with Crippen molar-refractivity contribution in [2.75, 3.05) is 5.73 Å². The van der Waals surface area contributed by atoms with Crippen LogP contribution in [-0.4, -0.2) is 16.6 Å². The molecule has 110 valence electrons. The van der Waals surface area contributed by atoms with Crippen LogP contribution in [-0.2, 0) is 9.78 Å². The van der Waals surface area contributed by atoms with Gasteiger partial charge in [0.25, 0.3) is 0 Å². The largest absolute Gasteiger partial charge is 0.398 e. The van der Waals surface area contributed by atoms with Gasteiger partial charge in [0.1, 0.15) is 5.60 Å². The van der Waals surface area contributed by atoms with Gasteiger partial charge in [-0.05, 0) is 45.0 Å². The lowest BCUT2D eigenvalue weighted by Gasteiger charge is -2.17. The Morgan fingerprint density at radius 1 is 1.19 bits per heavy atom. The maximum absolute atomic E-state index is 11.9. The van der Waals surface area contributed by atoms with Gasteiger partial charge in [0.2, 0.25) is 0 Å². The molecule has 0 bridgehead atoms. The van der Waals surface area contributed by atoms with Crippen molar-refractivity contribution in [2.24, 2.45) is 0 Å². The normalized spacial score (nSPS) is 11.2.